The number of H-pyrrole nitrogens is 1. The number of hydrogen-bond donors (Lipinski definition) is 3. The molecular weight excluding hydrogens is 472 g/mol. The number of fused-ring (bicyclic) bond motifs is 1. The molecule has 186 valence electrons. The third-order valence-corrected chi connectivity index (χ3v) is 7.87. The number of amides is 1. The zero-order valence-electron chi connectivity index (χ0n) is 19.3. The number of nitrogens with zero attached hydrogens (tertiary/aromatic N) is 2. The van der Waals surface area contributed by atoms with Crippen LogP contribution in [0.5, 0.6) is 5.75 Å². The highest BCUT2D eigenvalue weighted by Gasteiger charge is 2.43. The van der Waals surface area contributed by atoms with E-state index >= 15 is 0 Å². The lowest BCUT2D eigenvalue weighted by atomic mass is 10.0. The van der Waals surface area contributed by atoms with Gasteiger partial charge in [-0.2, -0.15) is 4.31 Å². The summed E-state index contributed by atoms with van der Waals surface area (Å²) < 4.78 is 35.1. The van der Waals surface area contributed by atoms with Crippen LogP contribution in [0.1, 0.15) is 42.6 Å². The molecule has 1 amide bonds. The van der Waals surface area contributed by atoms with Gasteiger partial charge in [0, 0.05) is 25.2 Å². The summed E-state index contributed by atoms with van der Waals surface area (Å²) in [6.45, 7) is 2.71. The van der Waals surface area contributed by atoms with Gasteiger partial charge in [0.2, 0.25) is 10.0 Å². The molecule has 35 heavy (non-hydrogen) atoms. The van der Waals surface area contributed by atoms with E-state index in [-0.39, 0.29) is 23.4 Å². The topological polar surface area (TPSA) is 134 Å². The summed E-state index contributed by atoms with van der Waals surface area (Å²) in [7, 11) is -4.17. The van der Waals surface area contributed by atoms with Crippen molar-refractivity contribution in [3.8, 4) is 5.75 Å². The van der Waals surface area contributed by atoms with Crippen LogP contribution in [-0.2, 0) is 34.4 Å². The van der Waals surface area contributed by atoms with Crippen molar-refractivity contribution < 1.29 is 23.2 Å². The number of aromatic amines is 1. The molecular formula is C24H28N4O6S. The Bertz CT molecular complexity index is 1330. The maximum atomic E-state index is 13.5. The van der Waals surface area contributed by atoms with Crippen LogP contribution in [0.4, 0.5) is 0 Å². The Morgan fingerprint density at radius 2 is 1.89 bits per heavy atom. The maximum absolute atomic E-state index is 13.5. The number of aryl methyl sites for hydroxylation is 1. The highest BCUT2D eigenvalue weighted by atomic mass is 32.2. The number of hydroxylamine groups is 1. The quantitative estimate of drug-likeness (QED) is 0.305. The molecule has 2 aromatic carbocycles. The minimum Gasteiger partial charge on any atom is -0.489 e. The summed E-state index contributed by atoms with van der Waals surface area (Å²) in [5.41, 5.74) is 2.56. The molecule has 4 rings (SSSR count). The zero-order chi connectivity index (χ0) is 25.0. The van der Waals surface area contributed by atoms with E-state index in [0.717, 1.165) is 22.7 Å². The Labute approximate surface area is 203 Å². The first-order valence-electron chi connectivity index (χ1n) is 11.4. The van der Waals surface area contributed by atoms with E-state index < -0.39 is 27.5 Å². The number of carbonyl (C=O) groups excluding carboxylic acids is 1. The van der Waals surface area contributed by atoms with Crippen molar-refractivity contribution in [1.82, 2.24) is 19.6 Å². The van der Waals surface area contributed by atoms with Gasteiger partial charge in [0.05, 0.1) is 10.5 Å². The molecule has 0 fully saturated rings. The van der Waals surface area contributed by atoms with Crippen LogP contribution in [-0.4, -0.2) is 40.2 Å². The average molecular weight is 501 g/mol. The molecule has 11 heteroatoms. The molecule has 1 unspecified atom stereocenters. The molecule has 0 radical (unpaired) electrons. The van der Waals surface area contributed by atoms with Gasteiger partial charge < -0.3 is 4.74 Å². The highest BCUT2D eigenvalue weighted by molar-refractivity contribution is 7.89. The molecule has 0 saturated carbocycles. The van der Waals surface area contributed by atoms with Crippen molar-refractivity contribution >= 4 is 15.9 Å². The summed E-state index contributed by atoms with van der Waals surface area (Å²) in [5.74, 6) is -0.501. The lowest BCUT2D eigenvalue weighted by Crippen LogP contribution is -2.48. The van der Waals surface area contributed by atoms with Gasteiger partial charge in [0.15, 0.2) is 0 Å². The van der Waals surface area contributed by atoms with Crippen LogP contribution in [0.3, 0.4) is 0 Å². The number of carbonyl (C=O) groups is 1. The van der Waals surface area contributed by atoms with Crippen LogP contribution in [0, 0.1) is 0 Å². The second-order valence-electron chi connectivity index (χ2n) is 8.30. The predicted molar refractivity (Wildman–Crippen MR) is 127 cm³/mol. The summed E-state index contributed by atoms with van der Waals surface area (Å²) in [4.78, 5) is 25.6. The molecule has 0 spiro atoms. The second-order valence-corrected chi connectivity index (χ2v) is 10.2. The Balaban J connectivity index is 1.60. The Kier molecular flexibility index (Phi) is 7.39. The number of ether oxygens (including phenoxy) is 1. The molecule has 1 atom stereocenters. The van der Waals surface area contributed by atoms with E-state index in [1.165, 1.54) is 22.3 Å². The maximum Gasteiger partial charge on any atom is 0.272 e. The van der Waals surface area contributed by atoms with Crippen molar-refractivity contribution in [3.63, 3.8) is 0 Å². The molecule has 3 N–H and O–H groups in total. The standard InChI is InChI=1S/C24H28N4O6S/c1-2-3-14-27-24(30)21-20(25-27)13-15-28(22(21)23(29)26-31)35(32,33)19-11-9-18(10-12-19)34-16-17-7-5-4-6-8-17/h4-12,22,25,31H,2-3,13-16H2,1H3,(H,26,29). The lowest BCUT2D eigenvalue weighted by Gasteiger charge is -2.32. The van der Waals surface area contributed by atoms with Crippen LogP contribution in [0.15, 0.2) is 64.3 Å². The fourth-order valence-electron chi connectivity index (χ4n) is 4.16. The highest BCUT2D eigenvalue weighted by Crippen LogP contribution is 2.33. The minimum atomic E-state index is -4.17. The molecule has 2 heterocycles. The van der Waals surface area contributed by atoms with Crippen LogP contribution in [0.25, 0.3) is 0 Å². The normalized spacial score (nSPS) is 16.0. The third kappa shape index (κ3) is 5.02. The molecule has 10 nitrogen and oxygen atoms in total. The number of unbranched alkanes of at least 4 members (excludes halogenated alkanes) is 1. The predicted octanol–water partition coefficient (Wildman–Crippen LogP) is 2.35. The molecule has 1 aliphatic heterocycles. The van der Waals surface area contributed by atoms with Crippen molar-refractivity contribution in [2.45, 2.75) is 50.3 Å². The van der Waals surface area contributed by atoms with E-state index in [0.29, 0.717) is 24.6 Å². The lowest BCUT2D eigenvalue weighted by molar-refractivity contribution is -0.133. The third-order valence-electron chi connectivity index (χ3n) is 5.99. The minimum absolute atomic E-state index is 0.0327. The number of rotatable bonds is 9. The number of nitrogens with one attached hydrogen (secondary N) is 2. The van der Waals surface area contributed by atoms with Crippen LogP contribution < -0.4 is 15.8 Å². The van der Waals surface area contributed by atoms with Crippen molar-refractivity contribution in [2.24, 2.45) is 0 Å². The first kappa shape index (κ1) is 24.7. The van der Waals surface area contributed by atoms with Gasteiger partial charge in [0.1, 0.15) is 18.4 Å². The molecule has 0 saturated heterocycles. The first-order chi connectivity index (χ1) is 16.9. The summed E-state index contributed by atoms with van der Waals surface area (Å²) in [5, 5.41) is 12.3. The second kappa shape index (κ2) is 10.5. The van der Waals surface area contributed by atoms with Gasteiger partial charge >= 0.3 is 0 Å². The van der Waals surface area contributed by atoms with Gasteiger partial charge in [0.25, 0.3) is 11.5 Å². The van der Waals surface area contributed by atoms with E-state index in [1.807, 2.05) is 37.3 Å². The number of hydrogen-bond acceptors (Lipinski definition) is 6. The van der Waals surface area contributed by atoms with Gasteiger partial charge in [-0.25, -0.2) is 13.9 Å². The Morgan fingerprint density at radius 3 is 2.54 bits per heavy atom. The monoisotopic (exact) mass is 500 g/mol. The summed E-state index contributed by atoms with van der Waals surface area (Å²) >= 11 is 0. The average Bonchev–Trinajstić information content (AvgIpc) is 3.21. The number of benzene rings is 2. The van der Waals surface area contributed by atoms with Gasteiger partial charge in [-0.3, -0.25) is 24.6 Å². The van der Waals surface area contributed by atoms with Crippen molar-refractivity contribution in [3.05, 3.63) is 81.8 Å². The van der Waals surface area contributed by atoms with Crippen LogP contribution >= 0.6 is 0 Å². The molecule has 3 aromatic rings. The fraction of sp³-hybridized carbons (Fsp3) is 0.333. The SMILES string of the molecule is CCCCn1[nH]c2c(c1=O)C(C(=O)NO)N(S(=O)(=O)c1ccc(OCc3ccccc3)cc1)CC2. The fourth-order valence-corrected chi connectivity index (χ4v) is 5.72. The number of sulfonamides is 1. The van der Waals surface area contributed by atoms with Crippen LogP contribution in [0.2, 0.25) is 0 Å². The Hall–Kier alpha value is -3.41. The van der Waals surface area contributed by atoms with Crippen molar-refractivity contribution in [2.75, 3.05) is 6.54 Å². The largest absolute Gasteiger partial charge is 0.489 e. The van der Waals surface area contributed by atoms with E-state index in [2.05, 4.69) is 5.10 Å². The van der Waals surface area contributed by atoms with Gasteiger partial charge in [-0.15, -0.1) is 0 Å². The molecule has 1 aliphatic rings. The smallest absolute Gasteiger partial charge is 0.272 e. The summed E-state index contributed by atoms with van der Waals surface area (Å²) in [6.07, 6.45) is 1.84. The van der Waals surface area contributed by atoms with Crippen molar-refractivity contribution in [1.29, 1.82) is 0 Å². The van der Waals surface area contributed by atoms with Gasteiger partial charge in [-0.1, -0.05) is 43.7 Å². The zero-order valence-corrected chi connectivity index (χ0v) is 20.1. The molecule has 0 aliphatic carbocycles. The van der Waals surface area contributed by atoms with E-state index in [4.69, 9.17) is 4.74 Å². The van der Waals surface area contributed by atoms with E-state index in [9.17, 15) is 23.2 Å². The number of aromatic nitrogens is 2. The molecule has 1 aromatic heterocycles. The van der Waals surface area contributed by atoms with Gasteiger partial charge in [-0.05, 0) is 36.2 Å². The summed E-state index contributed by atoms with van der Waals surface area (Å²) in [6, 6.07) is 14.0. The van der Waals surface area contributed by atoms with E-state index in [1.54, 1.807) is 12.1 Å². The Morgan fingerprint density at radius 1 is 1.17 bits per heavy atom. The first-order valence-corrected chi connectivity index (χ1v) is 12.8. The molecule has 0 bridgehead atoms.